The summed E-state index contributed by atoms with van der Waals surface area (Å²) in [5.74, 6) is 0.912. The maximum absolute atomic E-state index is 5.63. The largest absolute Gasteiger partial charge is 0.492 e. The van der Waals surface area contributed by atoms with Crippen molar-refractivity contribution >= 4 is 15.9 Å². The Morgan fingerprint density at radius 3 is 2.75 bits per heavy atom. The molecule has 0 atom stereocenters. The molecule has 108 valence electrons. The summed E-state index contributed by atoms with van der Waals surface area (Å²) < 4.78 is 8.81. The van der Waals surface area contributed by atoms with Gasteiger partial charge in [0.15, 0.2) is 0 Å². The van der Waals surface area contributed by atoms with Crippen molar-refractivity contribution in [1.29, 1.82) is 0 Å². The van der Waals surface area contributed by atoms with Crippen LogP contribution in [0.3, 0.4) is 0 Å². The number of halogens is 1. The highest BCUT2D eigenvalue weighted by atomic mass is 79.9. The van der Waals surface area contributed by atoms with Crippen molar-refractivity contribution in [2.24, 2.45) is 0 Å². The highest BCUT2D eigenvalue weighted by Gasteiger charge is 1.94. The molecule has 0 amide bonds. The van der Waals surface area contributed by atoms with E-state index in [0.717, 1.165) is 42.7 Å². The average Bonchev–Trinajstić information content (AvgIpc) is 2.97. The summed E-state index contributed by atoms with van der Waals surface area (Å²) in [6.07, 6.45) is 8.00. The molecule has 1 N–H and O–H groups in total. The fourth-order valence-corrected chi connectivity index (χ4v) is 2.12. The average molecular weight is 338 g/mol. The van der Waals surface area contributed by atoms with E-state index in [-0.39, 0.29) is 0 Å². The van der Waals surface area contributed by atoms with Crippen LogP contribution in [0, 0.1) is 0 Å². The fraction of sp³-hybridized carbons (Fsp3) is 0.400. The first kappa shape index (κ1) is 15.1. The summed E-state index contributed by atoms with van der Waals surface area (Å²) >= 11 is 3.40. The minimum atomic E-state index is 0.698. The molecule has 1 aromatic carbocycles. The number of aryl methyl sites for hydroxylation is 1. The van der Waals surface area contributed by atoms with Gasteiger partial charge < -0.3 is 14.6 Å². The lowest BCUT2D eigenvalue weighted by Gasteiger charge is -2.08. The standard InChI is InChI=1S/C15H20BrN3O/c16-14-3-5-15(6-4-14)20-12-9-17-7-1-2-10-19-11-8-18-13-19/h3-6,8,11,13,17H,1-2,7,9-10,12H2. The number of rotatable bonds is 9. The molecule has 2 aromatic rings. The van der Waals surface area contributed by atoms with Gasteiger partial charge in [0.1, 0.15) is 12.4 Å². The monoisotopic (exact) mass is 337 g/mol. The Balaban J connectivity index is 1.44. The van der Waals surface area contributed by atoms with Gasteiger partial charge in [-0.05, 0) is 43.7 Å². The van der Waals surface area contributed by atoms with Crippen molar-refractivity contribution in [3.63, 3.8) is 0 Å². The topological polar surface area (TPSA) is 39.1 Å². The maximum Gasteiger partial charge on any atom is 0.119 e. The predicted molar refractivity (Wildman–Crippen MR) is 84.0 cm³/mol. The van der Waals surface area contributed by atoms with Crippen LogP contribution in [0.1, 0.15) is 12.8 Å². The Morgan fingerprint density at radius 1 is 1.15 bits per heavy atom. The minimum absolute atomic E-state index is 0.698. The van der Waals surface area contributed by atoms with Crippen LogP contribution in [0.15, 0.2) is 47.5 Å². The molecule has 0 bridgehead atoms. The number of benzene rings is 1. The molecule has 0 saturated carbocycles. The van der Waals surface area contributed by atoms with Crippen molar-refractivity contribution in [3.05, 3.63) is 47.5 Å². The van der Waals surface area contributed by atoms with Gasteiger partial charge in [-0.3, -0.25) is 0 Å². The summed E-state index contributed by atoms with van der Waals surface area (Å²) in [6, 6.07) is 7.90. The summed E-state index contributed by atoms with van der Waals surface area (Å²) in [7, 11) is 0. The molecule has 0 aliphatic carbocycles. The third-order valence-electron chi connectivity index (χ3n) is 2.94. The molecular formula is C15H20BrN3O. The lowest BCUT2D eigenvalue weighted by atomic mass is 10.3. The van der Waals surface area contributed by atoms with Crippen LogP contribution in [-0.4, -0.2) is 29.2 Å². The molecule has 0 unspecified atom stereocenters. The first-order chi connectivity index (χ1) is 9.84. The molecule has 5 heteroatoms. The second-order valence-electron chi connectivity index (χ2n) is 4.56. The van der Waals surface area contributed by atoms with E-state index in [1.165, 1.54) is 0 Å². The van der Waals surface area contributed by atoms with E-state index in [4.69, 9.17) is 4.74 Å². The van der Waals surface area contributed by atoms with Crippen molar-refractivity contribution in [2.45, 2.75) is 19.4 Å². The van der Waals surface area contributed by atoms with E-state index in [9.17, 15) is 0 Å². The van der Waals surface area contributed by atoms with E-state index < -0.39 is 0 Å². The van der Waals surface area contributed by atoms with Gasteiger partial charge in [-0.1, -0.05) is 15.9 Å². The molecule has 0 radical (unpaired) electrons. The zero-order valence-electron chi connectivity index (χ0n) is 11.5. The van der Waals surface area contributed by atoms with E-state index in [1.54, 1.807) is 0 Å². The zero-order chi connectivity index (χ0) is 14.0. The Bertz CT molecular complexity index is 470. The number of imidazole rings is 1. The molecule has 20 heavy (non-hydrogen) atoms. The van der Waals surface area contributed by atoms with E-state index in [0.29, 0.717) is 6.61 Å². The number of aromatic nitrogens is 2. The van der Waals surface area contributed by atoms with Crippen molar-refractivity contribution < 1.29 is 4.74 Å². The second-order valence-corrected chi connectivity index (χ2v) is 5.48. The lowest BCUT2D eigenvalue weighted by molar-refractivity contribution is 0.313. The molecule has 4 nitrogen and oxygen atoms in total. The molecule has 2 rings (SSSR count). The number of ether oxygens (including phenoxy) is 1. The lowest BCUT2D eigenvalue weighted by Crippen LogP contribution is -2.22. The molecule has 0 fully saturated rings. The van der Waals surface area contributed by atoms with Crippen LogP contribution in [-0.2, 0) is 6.54 Å². The highest BCUT2D eigenvalue weighted by molar-refractivity contribution is 9.10. The van der Waals surface area contributed by atoms with Crippen LogP contribution in [0.5, 0.6) is 5.75 Å². The smallest absolute Gasteiger partial charge is 0.119 e. The van der Waals surface area contributed by atoms with Crippen LogP contribution < -0.4 is 10.1 Å². The van der Waals surface area contributed by atoms with Gasteiger partial charge >= 0.3 is 0 Å². The number of nitrogens with zero attached hydrogens (tertiary/aromatic N) is 2. The van der Waals surface area contributed by atoms with Gasteiger partial charge in [0.05, 0.1) is 6.33 Å². The Morgan fingerprint density at radius 2 is 2.00 bits per heavy atom. The Labute approximate surface area is 128 Å². The zero-order valence-corrected chi connectivity index (χ0v) is 13.1. The summed E-state index contributed by atoms with van der Waals surface area (Å²) in [5.41, 5.74) is 0. The van der Waals surface area contributed by atoms with Crippen molar-refractivity contribution in [2.75, 3.05) is 19.7 Å². The Hall–Kier alpha value is -1.33. The van der Waals surface area contributed by atoms with Crippen LogP contribution in [0.2, 0.25) is 0 Å². The quantitative estimate of drug-likeness (QED) is 0.714. The summed E-state index contributed by atoms with van der Waals surface area (Å²) in [6.45, 7) is 3.64. The van der Waals surface area contributed by atoms with Crippen LogP contribution in [0.25, 0.3) is 0 Å². The van der Waals surface area contributed by atoms with Gasteiger partial charge in [0, 0.05) is 30.0 Å². The van der Waals surface area contributed by atoms with Gasteiger partial charge in [0.25, 0.3) is 0 Å². The van der Waals surface area contributed by atoms with Crippen molar-refractivity contribution in [1.82, 2.24) is 14.9 Å². The normalized spacial score (nSPS) is 10.7. The summed E-state index contributed by atoms with van der Waals surface area (Å²) in [5, 5.41) is 3.39. The highest BCUT2D eigenvalue weighted by Crippen LogP contribution is 2.15. The Kier molecular flexibility index (Phi) is 6.60. The van der Waals surface area contributed by atoms with Crippen LogP contribution in [0.4, 0.5) is 0 Å². The SMILES string of the molecule is Brc1ccc(OCCNCCCCn2ccnc2)cc1. The summed E-state index contributed by atoms with van der Waals surface area (Å²) in [4.78, 5) is 4.02. The third kappa shape index (κ3) is 5.75. The number of unbranched alkanes of at least 4 members (excludes halogenated alkanes) is 1. The van der Waals surface area contributed by atoms with Gasteiger partial charge in [-0.2, -0.15) is 0 Å². The maximum atomic E-state index is 5.63. The molecule has 0 aliphatic rings. The first-order valence-corrected chi connectivity index (χ1v) is 7.69. The van der Waals surface area contributed by atoms with Gasteiger partial charge in [0.2, 0.25) is 0 Å². The molecule has 1 heterocycles. The first-order valence-electron chi connectivity index (χ1n) is 6.89. The molecule has 1 aromatic heterocycles. The van der Waals surface area contributed by atoms with Crippen LogP contribution >= 0.6 is 15.9 Å². The van der Waals surface area contributed by atoms with E-state index in [2.05, 4.69) is 30.8 Å². The second kappa shape index (κ2) is 8.76. The third-order valence-corrected chi connectivity index (χ3v) is 3.47. The predicted octanol–water partition coefficient (Wildman–Crippen LogP) is 3.09. The molecule has 0 aliphatic heterocycles. The van der Waals surface area contributed by atoms with Gasteiger partial charge in [-0.25, -0.2) is 4.98 Å². The molecular weight excluding hydrogens is 318 g/mol. The van der Waals surface area contributed by atoms with Gasteiger partial charge in [-0.15, -0.1) is 0 Å². The van der Waals surface area contributed by atoms with E-state index in [1.807, 2.05) is 43.0 Å². The minimum Gasteiger partial charge on any atom is -0.492 e. The number of hydrogen-bond donors (Lipinski definition) is 1. The number of nitrogens with one attached hydrogen (secondary N) is 1. The van der Waals surface area contributed by atoms with E-state index >= 15 is 0 Å². The fourth-order valence-electron chi connectivity index (χ4n) is 1.86. The van der Waals surface area contributed by atoms with Crippen molar-refractivity contribution in [3.8, 4) is 5.75 Å². The molecule has 0 spiro atoms. The molecule has 0 saturated heterocycles. The number of hydrogen-bond acceptors (Lipinski definition) is 3.